The number of aryl methyl sites for hydroxylation is 1. The third-order valence-electron chi connectivity index (χ3n) is 2.63. The summed E-state index contributed by atoms with van der Waals surface area (Å²) in [6, 6.07) is 13.4. The maximum Gasteiger partial charge on any atom is 0.219 e. The highest BCUT2D eigenvalue weighted by atomic mass is 16.5. The van der Waals surface area contributed by atoms with Gasteiger partial charge in [-0.05, 0) is 30.2 Å². The smallest absolute Gasteiger partial charge is 0.219 e. The van der Waals surface area contributed by atoms with Crippen molar-refractivity contribution in [2.24, 2.45) is 0 Å². The van der Waals surface area contributed by atoms with Crippen molar-refractivity contribution in [2.75, 3.05) is 0 Å². The lowest BCUT2D eigenvalue weighted by atomic mass is 10.1. The summed E-state index contributed by atoms with van der Waals surface area (Å²) in [5, 5.41) is 9.01. The van der Waals surface area contributed by atoms with Gasteiger partial charge in [0.05, 0.1) is 12.3 Å². The van der Waals surface area contributed by atoms with Crippen LogP contribution in [0.1, 0.15) is 24.6 Å². The van der Waals surface area contributed by atoms with Crippen LogP contribution in [0.5, 0.6) is 11.6 Å². The molecule has 0 bridgehead atoms. The zero-order valence-electron chi connectivity index (χ0n) is 10.5. The molecule has 0 spiro atoms. The fourth-order valence-electron chi connectivity index (χ4n) is 1.74. The van der Waals surface area contributed by atoms with Crippen molar-refractivity contribution in [2.45, 2.75) is 26.4 Å². The standard InChI is InChI=1S/C15H17NO2/c1-2-4-12-7-9-14(10-8-12)18-15-6-3-5-13(11-17)16-15/h3,5-10,17H,2,4,11H2,1H3. The monoisotopic (exact) mass is 243 g/mol. The van der Waals surface area contributed by atoms with Gasteiger partial charge in [0.15, 0.2) is 0 Å². The molecule has 0 aliphatic rings. The zero-order chi connectivity index (χ0) is 12.8. The molecule has 0 saturated carbocycles. The van der Waals surface area contributed by atoms with Crippen molar-refractivity contribution in [3.63, 3.8) is 0 Å². The van der Waals surface area contributed by atoms with Crippen molar-refractivity contribution in [3.05, 3.63) is 53.7 Å². The minimum absolute atomic E-state index is 0.0767. The van der Waals surface area contributed by atoms with Gasteiger partial charge in [-0.1, -0.05) is 31.5 Å². The maximum atomic E-state index is 9.01. The van der Waals surface area contributed by atoms with E-state index in [4.69, 9.17) is 9.84 Å². The van der Waals surface area contributed by atoms with E-state index in [9.17, 15) is 0 Å². The largest absolute Gasteiger partial charge is 0.439 e. The van der Waals surface area contributed by atoms with Gasteiger partial charge in [0.1, 0.15) is 5.75 Å². The number of aromatic nitrogens is 1. The minimum atomic E-state index is -0.0767. The molecule has 0 aliphatic heterocycles. The maximum absolute atomic E-state index is 9.01. The summed E-state index contributed by atoms with van der Waals surface area (Å²) in [6.45, 7) is 2.08. The van der Waals surface area contributed by atoms with Crippen molar-refractivity contribution in [1.29, 1.82) is 0 Å². The Morgan fingerprint density at radius 1 is 1.11 bits per heavy atom. The Morgan fingerprint density at radius 3 is 2.56 bits per heavy atom. The van der Waals surface area contributed by atoms with E-state index in [1.54, 1.807) is 12.1 Å². The summed E-state index contributed by atoms with van der Waals surface area (Å²) in [7, 11) is 0. The molecule has 1 heterocycles. The van der Waals surface area contributed by atoms with Gasteiger partial charge in [-0.15, -0.1) is 0 Å². The lowest BCUT2D eigenvalue weighted by Crippen LogP contribution is -1.93. The number of hydrogen-bond donors (Lipinski definition) is 1. The lowest BCUT2D eigenvalue weighted by molar-refractivity contribution is 0.275. The number of ether oxygens (including phenoxy) is 1. The van der Waals surface area contributed by atoms with Gasteiger partial charge in [-0.25, -0.2) is 4.98 Å². The van der Waals surface area contributed by atoms with Gasteiger partial charge in [-0.3, -0.25) is 0 Å². The van der Waals surface area contributed by atoms with Crippen molar-refractivity contribution < 1.29 is 9.84 Å². The number of rotatable bonds is 5. The van der Waals surface area contributed by atoms with Gasteiger partial charge in [-0.2, -0.15) is 0 Å². The molecule has 0 aliphatic carbocycles. The third-order valence-corrected chi connectivity index (χ3v) is 2.63. The zero-order valence-corrected chi connectivity index (χ0v) is 10.5. The van der Waals surface area contributed by atoms with Gasteiger partial charge in [0.25, 0.3) is 0 Å². The predicted molar refractivity (Wildman–Crippen MR) is 70.7 cm³/mol. The highest BCUT2D eigenvalue weighted by Gasteiger charge is 2.00. The summed E-state index contributed by atoms with van der Waals surface area (Å²) < 4.78 is 5.63. The Kier molecular flexibility index (Phi) is 4.31. The average Bonchev–Trinajstić information content (AvgIpc) is 2.42. The topological polar surface area (TPSA) is 42.4 Å². The van der Waals surface area contributed by atoms with Crippen LogP contribution >= 0.6 is 0 Å². The average molecular weight is 243 g/mol. The normalized spacial score (nSPS) is 10.3. The lowest BCUT2D eigenvalue weighted by Gasteiger charge is -2.06. The fraction of sp³-hybridized carbons (Fsp3) is 0.267. The number of benzene rings is 1. The number of hydrogen-bond acceptors (Lipinski definition) is 3. The summed E-state index contributed by atoms with van der Waals surface area (Å²) in [5.74, 6) is 1.27. The Bertz CT molecular complexity index is 494. The van der Waals surface area contributed by atoms with Crippen molar-refractivity contribution in [3.8, 4) is 11.6 Å². The van der Waals surface area contributed by atoms with Gasteiger partial charge < -0.3 is 9.84 Å². The van der Waals surface area contributed by atoms with Gasteiger partial charge in [0.2, 0.25) is 5.88 Å². The van der Waals surface area contributed by atoms with E-state index in [1.165, 1.54) is 5.56 Å². The first-order valence-electron chi connectivity index (χ1n) is 6.15. The molecule has 18 heavy (non-hydrogen) atoms. The fourth-order valence-corrected chi connectivity index (χ4v) is 1.74. The van der Waals surface area contributed by atoms with E-state index < -0.39 is 0 Å². The van der Waals surface area contributed by atoms with Crippen LogP contribution in [0.4, 0.5) is 0 Å². The van der Waals surface area contributed by atoms with E-state index in [1.807, 2.05) is 18.2 Å². The Balaban J connectivity index is 2.08. The summed E-state index contributed by atoms with van der Waals surface area (Å²) >= 11 is 0. The molecular formula is C15H17NO2. The highest BCUT2D eigenvalue weighted by molar-refractivity contribution is 5.30. The van der Waals surface area contributed by atoms with Crippen LogP contribution in [0, 0.1) is 0 Å². The molecule has 3 nitrogen and oxygen atoms in total. The highest BCUT2D eigenvalue weighted by Crippen LogP contribution is 2.20. The first-order valence-corrected chi connectivity index (χ1v) is 6.15. The summed E-state index contributed by atoms with van der Waals surface area (Å²) in [4.78, 5) is 4.17. The SMILES string of the molecule is CCCc1ccc(Oc2cccc(CO)n2)cc1. The van der Waals surface area contributed by atoms with Crippen LogP contribution in [0.25, 0.3) is 0 Å². The molecule has 0 unspecified atom stereocenters. The van der Waals surface area contributed by atoms with E-state index in [2.05, 4.69) is 24.0 Å². The van der Waals surface area contributed by atoms with Crippen LogP contribution in [0.2, 0.25) is 0 Å². The molecule has 0 saturated heterocycles. The molecule has 0 amide bonds. The summed E-state index contributed by atoms with van der Waals surface area (Å²) in [5.41, 5.74) is 1.91. The van der Waals surface area contributed by atoms with Crippen LogP contribution in [0.15, 0.2) is 42.5 Å². The molecule has 0 atom stereocenters. The first-order chi connectivity index (χ1) is 8.81. The number of aliphatic hydroxyl groups is 1. The first kappa shape index (κ1) is 12.6. The third kappa shape index (κ3) is 3.31. The quantitative estimate of drug-likeness (QED) is 0.876. The number of nitrogens with zero attached hydrogens (tertiary/aromatic N) is 1. The molecule has 2 aromatic rings. The predicted octanol–water partition coefficient (Wildman–Crippen LogP) is 3.32. The molecule has 1 aromatic carbocycles. The Hall–Kier alpha value is -1.87. The van der Waals surface area contributed by atoms with E-state index >= 15 is 0 Å². The Morgan fingerprint density at radius 2 is 1.89 bits per heavy atom. The van der Waals surface area contributed by atoms with E-state index in [-0.39, 0.29) is 6.61 Å². The van der Waals surface area contributed by atoms with Crippen LogP contribution in [0.3, 0.4) is 0 Å². The molecule has 94 valence electrons. The second-order valence-electron chi connectivity index (χ2n) is 4.12. The second kappa shape index (κ2) is 6.17. The molecular weight excluding hydrogens is 226 g/mol. The summed E-state index contributed by atoms with van der Waals surface area (Å²) in [6.07, 6.45) is 2.22. The molecule has 0 radical (unpaired) electrons. The van der Waals surface area contributed by atoms with Crippen molar-refractivity contribution in [1.82, 2.24) is 4.98 Å². The van der Waals surface area contributed by atoms with Crippen molar-refractivity contribution >= 4 is 0 Å². The van der Waals surface area contributed by atoms with Gasteiger partial charge >= 0.3 is 0 Å². The van der Waals surface area contributed by atoms with Crippen LogP contribution in [-0.2, 0) is 13.0 Å². The Labute approximate surface area is 107 Å². The van der Waals surface area contributed by atoms with E-state index in [0.29, 0.717) is 11.6 Å². The molecule has 1 aromatic heterocycles. The molecule has 1 N–H and O–H groups in total. The number of pyridine rings is 1. The minimum Gasteiger partial charge on any atom is -0.439 e. The van der Waals surface area contributed by atoms with Crippen LogP contribution < -0.4 is 4.74 Å². The molecule has 2 rings (SSSR count). The molecule has 0 fully saturated rings. The second-order valence-corrected chi connectivity index (χ2v) is 4.12. The van der Waals surface area contributed by atoms with E-state index in [0.717, 1.165) is 18.6 Å². The molecule has 3 heteroatoms. The van der Waals surface area contributed by atoms with Gasteiger partial charge in [0, 0.05) is 6.07 Å². The number of aliphatic hydroxyl groups excluding tert-OH is 1. The van der Waals surface area contributed by atoms with Crippen LogP contribution in [-0.4, -0.2) is 10.1 Å².